The molecule has 2 heterocycles. The van der Waals surface area contributed by atoms with Crippen molar-refractivity contribution in [2.45, 2.75) is 26.8 Å². The van der Waals surface area contributed by atoms with Crippen LogP contribution < -0.4 is 5.32 Å². The van der Waals surface area contributed by atoms with Gasteiger partial charge >= 0.3 is 0 Å². The van der Waals surface area contributed by atoms with Crippen molar-refractivity contribution in [1.29, 1.82) is 0 Å². The Labute approximate surface area is 119 Å². The van der Waals surface area contributed by atoms with Crippen LogP contribution in [0.1, 0.15) is 23.2 Å². The topological polar surface area (TPSA) is 71.3 Å². The zero-order chi connectivity index (χ0) is 14.7. The normalized spacial score (nSPS) is 19.4. The predicted molar refractivity (Wildman–Crippen MR) is 77.7 cm³/mol. The highest BCUT2D eigenvalue weighted by atomic mass is 16.6. The van der Waals surface area contributed by atoms with E-state index in [0.717, 1.165) is 25.3 Å². The number of likely N-dealkylation sites (tertiary alicyclic amines) is 1. The Morgan fingerprint density at radius 1 is 1.55 bits per heavy atom. The van der Waals surface area contributed by atoms with Gasteiger partial charge in [0.2, 0.25) is 0 Å². The van der Waals surface area contributed by atoms with Crippen molar-refractivity contribution in [3.05, 3.63) is 33.1 Å². The van der Waals surface area contributed by atoms with Crippen molar-refractivity contribution >= 4 is 5.69 Å². The van der Waals surface area contributed by atoms with E-state index < -0.39 is 0 Å². The molecule has 0 amide bonds. The molecule has 1 unspecified atom stereocenters. The standard InChI is InChI=1S/C14H22N4O2/c1-10-6-16-13(11(2)14(10)18(19)20)8-15-7-12-4-5-17(3)9-12/h6,12,15H,4-5,7-9H2,1-3H3. The first-order valence-electron chi connectivity index (χ1n) is 6.97. The number of pyridine rings is 1. The summed E-state index contributed by atoms with van der Waals surface area (Å²) in [6, 6.07) is 0. The van der Waals surface area contributed by atoms with Gasteiger partial charge in [-0.25, -0.2) is 0 Å². The molecule has 1 saturated heterocycles. The summed E-state index contributed by atoms with van der Waals surface area (Å²) < 4.78 is 0. The number of hydrogen-bond donors (Lipinski definition) is 1. The van der Waals surface area contributed by atoms with Crippen molar-refractivity contribution in [2.24, 2.45) is 5.92 Å². The second-order valence-electron chi connectivity index (χ2n) is 5.67. The fourth-order valence-electron chi connectivity index (χ4n) is 2.81. The summed E-state index contributed by atoms with van der Waals surface area (Å²) in [5.41, 5.74) is 2.26. The van der Waals surface area contributed by atoms with Crippen molar-refractivity contribution in [3.8, 4) is 0 Å². The second kappa shape index (κ2) is 6.28. The molecule has 0 spiro atoms. The second-order valence-corrected chi connectivity index (χ2v) is 5.67. The number of hydrogen-bond acceptors (Lipinski definition) is 5. The van der Waals surface area contributed by atoms with E-state index in [1.807, 2.05) is 0 Å². The minimum atomic E-state index is -0.318. The number of nitrogens with zero attached hydrogens (tertiary/aromatic N) is 3. The molecule has 110 valence electrons. The quantitative estimate of drug-likeness (QED) is 0.655. The van der Waals surface area contributed by atoms with E-state index in [-0.39, 0.29) is 10.6 Å². The van der Waals surface area contributed by atoms with E-state index >= 15 is 0 Å². The monoisotopic (exact) mass is 278 g/mol. The first kappa shape index (κ1) is 14.9. The fraction of sp³-hybridized carbons (Fsp3) is 0.643. The number of nitro groups is 1. The Morgan fingerprint density at radius 2 is 2.30 bits per heavy atom. The zero-order valence-corrected chi connectivity index (χ0v) is 12.3. The maximum absolute atomic E-state index is 11.1. The molecule has 6 nitrogen and oxygen atoms in total. The maximum Gasteiger partial charge on any atom is 0.278 e. The first-order chi connectivity index (χ1) is 9.49. The minimum absolute atomic E-state index is 0.192. The molecule has 1 aliphatic rings. The smallest absolute Gasteiger partial charge is 0.278 e. The van der Waals surface area contributed by atoms with Crippen LogP contribution in [0.15, 0.2) is 6.20 Å². The molecule has 1 aromatic heterocycles. The lowest BCUT2D eigenvalue weighted by atomic mass is 10.1. The zero-order valence-electron chi connectivity index (χ0n) is 12.3. The van der Waals surface area contributed by atoms with Gasteiger partial charge in [-0.05, 0) is 46.3 Å². The van der Waals surface area contributed by atoms with E-state index in [9.17, 15) is 10.1 Å². The summed E-state index contributed by atoms with van der Waals surface area (Å²) in [5.74, 6) is 0.667. The van der Waals surface area contributed by atoms with Crippen LogP contribution >= 0.6 is 0 Å². The molecule has 6 heteroatoms. The van der Waals surface area contributed by atoms with E-state index in [1.54, 1.807) is 20.0 Å². The molecule has 2 rings (SSSR count). The third kappa shape index (κ3) is 3.32. The summed E-state index contributed by atoms with van der Waals surface area (Å²) in [6.07, 6.45) is 2.80. The molecule has 1 aliphatic heterocycles. The molecule has 0 aliphatic carbocycles. The van der Waals surface area contributed by atoms with Gasteiger partial charge in [0.25, 0.3) is 5.69 Å². The number of aryl methyl sites for hydroxylation is 1. The van der Waals surface area contributed by atoms with Crippen LogP contribution in [0.25, 0.3) is 0 Å². The van der Waals surface area contributed by atoms with Crippen molar-refractivity contribution in [3.63, 3.8) is 0 Å². The first-order valence-corrected chi connectivity index (χ1v) is 6.97. The van der Waals surface area contributed by atoms with Crippen LogP contribution in [0.3, 0.4) is 0 Å². The molecule has 0 radical (unpaired) electrons. The Morgan fingerprint density at radius 3 is 2.90 bits per heavy atom. The summed E-state index contributed by atoms with van der Waals surface area (Å²) in [6.45, 7) is 7.30. The van der Waals surface area contributed by atoms with Gasteiger partial charge < -0.3 is 10.2 Å². The van der Waals surface area contributed by atoms with Crippen LogP contribution in [0.5, 0.6) is 0 Å². The largest absolute Gasteiger partial charge is 0.311 e. The molecular formula is C14H22N4O2. The average Bonchev–Trinajstić information content (AvgIpc) is 2.77. The van der Waals surface area contributed by atoms with E-state index in [4.69, 9.17) is 0 Å². The Bertz CT molecular complexity index is 504. The highest BCUT2D eigenvalue weighted by molar-refractivity contribution is 5.47. The lowest BCUT2D eigenvalue weighted by molar-refractivity contribution is -0.386. The third-order valence-corrected chi connectivity index (χ3v) is 3.97. The van der Waals surface area contributed by atoms with Gasteiger partial charge in [-0.2, -0.15) is 0 Å². The highest BCUT2D eigenvalue weighted by Gasteiger charge is 2.20. The van der Waals surface area contributed by atoms with Crippen LogP contribution in [-0.2, 0) is 6.54 Å². The maximum atomic E-state index is 11.1. The lowest BCUT2D eigenvalue weighted by Gasteiger charge is -2.12. The van der Waals surface area contributed by atoms with Gasteiger partial charge in [-0.15, -0.1) is 0 Å². The summed E-state index contributed by atoms with van der Waals surface area (Å²) in [7, 11) is 2.13. The van der Waals surface area contributed by atoms with Gasteiger partial charge in [-0.3, -0.25) is 15.1 Å². The van der Waals surface area contributed by atoms with Crippen molar-refractivity contribution in [1.82, 2.24) is 15.2 Å². The van der Waals surface area contributed by atoms with Gasteiger partial charge in [0, 0.05) is 30.4 Å². The number of aromatic nitrogens is 1. The van der Waals surface area contributed by atoms with Gasteiger partial charge in [-0.1, -0.05) is 0 Å². The number of rotatable bonds is 5. The average molecular weight is 278 g/mol. The summed E-state index contributed by atoms with van der Waals surface area (Å²) in [4.78, 5) is 17.4. The molecule has 1 N–H and O–H groups in total. The Balaban J connectivity index is 1.96. The Kier molecular flexibility index (Phi) is 4.67. The summed E-state index contributed by atoms with van der Waals surface area (Å²) in [5, 5.41) is 14.4. The molecule has 0 bridgehead atoms. The van der Waals surface area contributed by atoms with Gasteiger partial charge in [0.15, 0.2) is 0 Å². The highest BCUT2D eigenvalue weighted by Crippen LogP contribution is 2.24. The molecular weight excluding hydrogens is 256 g/mol. The summed E-state index contributed by atoms with van der Waals surface area (Å²) >= 11 is 0. The van der Waals surface area contributed by atoms with Crippen LogP contribution in [-0.4, -0.2) is 41.5 Å². The fourth-order valence-corrected chi connectivity index (χ4v) is 2.81. The predicted octanol–water partition coefficient (Wildman–Crippen LogP) is 1.65. The third-order valence-electron chi connectivity index (χ3n) is 3.97. The van der Waals surface area contributed by atoms with E-state index in [1.165, 1.54) is 6.42 Å². The van der Waals surface area contributed by atoms with E-state index in [2.05, 4.69) is 22.2 Å². The molecule has 1 aromatic rings. The lowest BCUT2D eigenvalue weighted by Crippen LogP contribution is -2.25. The van der Waals surface area contributed by atoms with Crippen molar-refractivity contribution < 1.29 is 4.92 Å². The van der Waals surface area contributed by atoms with Crippen molar-refractivity contribution in [2.75, 3.05) is 26.7 Å². The van der Waals surface area contributed by atoms with Crippen LogP contribution in [0.2, 0.25) is 0 Å². The SMILES string of the molecule is Cc1cnc(CNCC2CCN(C)C2)c(C)c1[N+](=O)[O-]. The molecule has 1 fully saturated rings. The number of nitrogens with one attached hydrogen (secondary N) is 1. The molecule has 20 heavy (non-hydrogen) atoms. The van der Waals surface area contributed by atoms with Crippen LogP contribution in [0.4, 0.5) is 5.69 Å². The minimum Gasteiger partial charge on any atom is -0.311 e. The molecule has 0 saturated carbocycles. The van der Waals surface area contributed by atoms with E-state index in [0.29, 0.717) is 23.6 Å². The molecule has 1 atom stereocenters. The molecule has 0 aromatic carbocycles. The van der Waals surface area contributed by atoms with Gasteiger partial charge in [0.1, 0.15) is 0 Å². The van der Waals surface area contributed by atoms with Gasteiger partial charge in [0.05, 0.1) is 10.6 Å². The van der Waals surface area contributed by atoms with Crippen LogP contribution in [0, 0.1) is 29.9 Å². The Hall–Kier alpha value is -1.53.